The monoisotopic (exact) mass is 416 g/mol. The molecule has 0 aliphatic carbocycles. The minimum absolute atomic E-state index is 0.0897. The van der Waals surface area contributed by atoms with Gasteiger partial charge in [0.05, 0.1) is 11.2 Å². The fraction of sp³-hybridized carbons (Fsp3) is 0.227. The molecule has 0 amide bonds. The van der Waals surface area contributed by atoms with E-state index in [1.54, 1.807) is 16.7 Å². The highest BCUT2D eigenvalue weighted by molar-refractivity contribution is 7.98. The van der Waals surface area contributed by atoms with Crippen molar-refractivity contribution in [2.24, 2.45) is 0 Å². The maximum Gasteiger partial charge on any atom is 0.258 e. The lowest BCUT2D eigenvalue weighted by atomic mass is 10.2. The number of pyridine rings is 1. The van der Waals surface area contributed by atoms with Gasteiger partial charge in [-0.05, 0) is 37.1 Å². The van der Waals surface area contributed by atoms with Crippen LogP contribution in [0.3, 0.4) is 0 Å². The maximum absolute atomic E-state index is 12.4. The van der Waals surface area contributed by atoms with E-state index in [0.29, 0.717) is 22.3 Å². The minimum Gasteiger partial charge on any atom is -0.324 e. The van der Waals surface area contributed by atoms with Gasteiger partial charge in [0.2, 0.25) is 5.16 Å². The van der Waals surface area contributed by atoms with Crippen molar-refractivity contribution in [2.45, 2.75) is 37.7 Å². The van der Waals surface area contributed by atoms with Crippen molar-refractivity contribution in [3.8, 4) is 0 Å². The highest BCUT2D eigenvalue weighted by Crippen LogP contribution is 2.28. The molecule has 7 nitrogen and oxygen atoms in total. The quantitative estimate of drug-likeness (QED) is 0.403. The van der Waals surface area contributed by atoms with Crippen molar-refractivity contribution >= 4 is 39.5 Å². The van der Waals surface area contributed by atoms with Crippen molar-refractivity contribution in [1.82, 2.24) is 29.1 Å². The Balaban J connectivity index is 1.50. The standard InChI is InChI=1S/C22H20N6OS/c1-3-9-27-17-7-5-4-6-16(17)20-21(27)24-22(26-25-20)30-13-15-12-19(29)28-10-8-14(2)11-18(28)23-15/h4-8,10-12H,3,9,13H2,1-2H3. The first-order valence-electron chi connectivity index (χ1n) is 9.87. The van der Waals surface area contributed by atoms with E-state index in [1.807, 2.05) is 31.2 Å². The molecule has 5 rings (SSSR count). The molecule has 30 heavy (non-hydrogen) atoms. The van der Waals surface area contributed by atoms with E-state index >= 15 is 0 Å². The first kappa shape index (κ1) is 18.7. The molecule has 4 aromatic heterocycles. The third kappa shape index (κ3) is 3.23. The van der Waals surface area contributed by atoms with Gasteiger partial charge < -0.3 is 4.57 Å². The molecule has 8 heteroatoms. The van der Waals surface area contributed by atoms with Crippen molar-refractivity contribution in [3.63, 3.8) is 0 Å². The smallest absolute Gasteiger partial charge is 0.258 e. The van der Waals surface area contributed by atoms with Crippen LogP contribution >= 0.6 is 11.8 Å². The van der Waals surface area contributed by atoms with E-state index in [-0.39, 0.29) is 5.56 Å². The molecule has 0 fully saturated rings. The first-order valence-corrected chi connectivity index (χ1v) is 10.9. The normalized spacial score (nSPS) is 11.7. The van der Waals surface area contributed by atoms with Gasteiger partial charge in [0.15, 0.2) is 5.65 Å². The number of thioether (sulfide) groups is 1. The molecule has 0 radical (unpaired) electrons. The van der Waals surface area contributed by atoms with Gasteiger partial charge in [0.1, 0.15) is 11.2 Å². The van der Waals surface area contributed by atoms with Crippen LogP contribution in [0.4, 0.5) is 0 Å². The maximum atomic E-state index is 12.4. The largest absolute Gasteiger partial charge is 0.324 e. The number of aromatic nitrogens is 6. The SMILES string of the molecule is CCCn1c2ccccc2c2nnc(SCc3cc(=O)n4ccc(C)cc4n3)nc21. The van der Waals surface area contributed by atoms with Gasteiger partial charge >= 0.3 is 0 Å². The van der Waals surface area contributed by atoms with Crippen molar-refractivity contribution in [1.29, 1.82) is 0 Å². The molecular formula is C22H20N6OS. The topological polar surface area (TPSA) is 78.0 Å². The summed E-state index contributed by atoms with van der Waals surface area (Å²) >= 11 is 1.44. The lowest BCUT2D eigenvalue weighted by Gasteiger charge is -2.06. The van der Waals surface area contributed by atoms with Crippen LogP contribution in [-0.4, -0.2) is 29.1 Å². The summed E-state index contributed by atoms with van der Waals surface area (Å²) in [6, 6.07) is 13.6. The molecule has 150 valence electrons. The Morgan fingerprint density at radius 2 is 1.93 bits per heavy atom. The Bertz CT molecular complexity index is 1460. The molecule has 0 spiro atoms. The molecule has 0 unspecified atom stereocenters. The summed E-state index contributed by atoms with van der Waals surface area (Å²) in [6.45, 7) is 5.00. The molecule has 0 aliphatic heterocycles. The molecule has 0 saturated carbocycles. The summed E-state index contributed by atoms with van der Waals surface area (Å²) in [6.07, 6.45) is 2.76. The number of aryl methyl sites for hydroxylation is 2. The van der Waals surface area contributed by atoms with E-state index in [4.69, 9.17) is 4.98 Å². The third-order valence-corrected chi connectivity index (χ3v) is 5.90. The summed E-state index contributed by atoms with van der Waals surface area (Å²) in [5, 5.41) is 10.4. The average molecular weight is 417 g/mol. The van der Waals surface area contributed by atoms with Gasteiger partial charge in [-0.25, -0.2) is 9.97 Å². The van der Waals surface area contributed by atoms with Crippen LogP contribution in [0.5, 0.6) is 0 Å². The number of rotatable bonds is 5. The molecule has 5 aromatic rings. The second-order valence-corrected chi connectivity index (χ2v) is 8.18. The molecule has 0 aliphatic rings. The number of benzene rings is 1. The fourth-order valence-electron chi connectivity index (χ4n) is 3.67. The van der Waals surface area contributed by atoms with Crippen LogP contribution in [0.25, 0.3) is 27.7 Å². The Labute approximate surface area is 176 Å². The van der Waals surface area contributed by atoms with Crippen LogP contribution in [0, 0.1) is 6.92 Å². The van der Waals surface area contributed by atoms with E-state index in [2.05, 4.69) is 38.8 Å². The number of nitrogens with zero attached hydrogens (tertiary/aromatic N) is 6. The molecule has 0 atom stereocenters. The van der Waals surface area contributed by atoms with Crippen molar-refractivity contribution in [2.75, 3.05) is 0 Å². The van der Waals surface area contributed by atoms with E-state index < -0.39 is 0 Å². The van der Waals surface area contributed by atoms with Gasteiger partial charge in [-0.1, -0.05) is 36.9 Å². The average Bonchev–Trinajstić information content (AvgIpc) is 3.05. The molecule has 0 bridgehead atoms. The lowest BCUT2D eigenvalue weighted by molar-refractivity contribution is 0.709. The highest BCUT2D eigenvalue weighted by Gasteiger charge is 2.14. The van der Waals surface area contributed by atoms with Crippen molar-refractivity contribution in [3.05, 3.63) is 70.3 Å². The van der Waals surface area contributed by atoms with E-state index in [9.17, 15) is 4.79 Å². The summed E-state index contributed by atoms with van der Waals surface area (Å²) in [5.41, 5.74) is 5.11. The van der Waals surface area contributed by atoms with Gasteiger partial charge in [-0.2, -0.15) is 0 Å². The summed E-state index contributed by atoms with van der Waals surface area (Å²) in [5.74, 6) is 0.501. The second kappa shape index (κ2) is 7.53. The molecule has 0 N–H and O–H groups in total. The Kier molecular flexibility index (Phi) is 4.71. The van der Waals surface area contributed by atoms with Crippen LogP contribution in [-0.2, 0) is 12.3 Å². The van der Waals surface area contributed by atoms with Crippen LogP contribution in [0.1, 0.15) is 24.6 Å². The fourth-order valence-corrected chi connectivity index (χ4v) is 4.34. The van der Waals surface area contributed by atoms with Crippen molar-refractivity contribution < 1.29 is 0 Å². The third-order valence-electron chi connectivity index (χ3n) is 5.03. The highest BCUT2D eigenvalue weighted by atomic mass is 32.2. The molecule has 4 heterocycles. The van der Waals surface area contributed by atoms with Crippen LogP contribution in [0.15, 0.2) is 58.6 Å². The number of fused-ring (bicyclic) bond motifs is 4. The summed E-state index contributed by atoms with van der Waals surface area (Å²) in [4.78, 5) is 21.8. The van der Waals surface area contributed by atoms with Crippen LogP contribution in [0.2, 0.25) is 0 Å². The Morgan fingerprint density at radius 1 is 1.07 bits per heavy atom. The summed E-state index contributed by atoms with van der Waals surface area (Å²) < 4.78 is 3.75. The molecular weight excluding hydrogens is 396 g/mol. The number of hydrogen-bond donors (Lipinski definition) is 0. The van der Waals surface area contributed by atoms with Gasteiger partial charge in [0, 0.05) is 29.9 Å². The van der Waals surface area contributed by atoms with Gasteiger partial charge in [0.25, 0.3) is 5.56 Å². The molecule has 1 aromatic carbocycles. The zero-order valence-corrected chi connectivity index (χ0v) is 17.6. The number of para-hydroxylation sites is 1. The first-order chi connectivity index (χ1) is 14.6. The minimum atomic E-state index is -0.0897. The number of hydrogen-bond acceptors (Lipinski definition) is 6. The Morgan fingerprint density at radius 3 is 2.80 bits per heavy atom. The van der Waals surface area contributed by atoms with Crippen LogP contribution < -0.4 is 5.56 Å². The van der Waals surface area contributed by atoms with Gasteiger partial charge in [-0.15, -0.1) is 10.2 Å². The van der Waals surface area contributed by atoms with Gasteiger partial charge in [-0.3, -0.25) is 9.20 Å². The second-order valence-electron chi connectivity index (χ2n) is 7.24. The molecule has 0 saturated heterocycles. The predicted octanol–water partition coefficient (Wildman–Crippen LogP) is 4.00. The van der Waals surface area contributed by atoms with E-state index in [0.717, 1.165) is 40.6 Å². The zero-order valence-electron chi connectivity index (χ0n) is 16.7. The summed E-state index contributed by atoms with van der Waals surface area (Å²) in [7, 11) is 0. The predicted molar refractivity (Wildman–Crippen MR) is 119 cm³/mol. The van der Waals surface area contributed by atoms with E-state index in [1.165, 1.54) is 11.8 Å². The zero-order chi connectivity index (χ0) is 20.7. The lowest BCUT2D eigenvalue weighted by Crippen LogP contribution is -2.15. The Hall–Kier alpha value is -3.26.